The summed E-state index contributed by atoms with van der Waals surface area (Å²) >= 11 is 1.19. The number of amidine groups is 2. The van der Waals surface area contributed by atoms with Crippen molar-refractivity contribution in [2.75, 3.05) is 0 Å². The molecule has 36 heavy (non-hydrogen) atoms. The molecule has 0 aliphatic carbocycles. The molecule has 4 aromatic rings. The highest BCUT2D eigenvalue weighted by Gasteiger charge is 2.36. The number of aliphatic imine (C=N–C) groups is 1. The van der Waals surface area contributed by atoms with Gasteiger partial charge in [0.1, 0.15) is 10.9 Å². The Morgan fingerprint density at radius 3 is 2.50 bits per heavy atom. The van der Waals surface area contributed by atoms with Crippen molar-refractivity contribution in [1.29, 1.82) is 5.41 Å². The summed E-state index contributed by atoms with van der Waals surface area (Å²) in [6.07, 6.45) is 1.71. The number of carbonyl (C=O) groups is 1. The minimum absolute atomic E-state index is 0.0369. The van der Waals surface area contributed by atoms with Crippen molar-refractivity contribution in [2.24, 2.45) is 10.1 Å². The van der Waals surface area contributed by atoms with Gasteiger partial charge >= 0.3 is 0 Å². The van der Waals surface area contributed by atoms with Crippen molar-refractivity contribution >= 4 is 50.6 Å². The fraction of sp³-hybridized carbons (Fsp3) is 0.0714. The predicted octanol–water partition coefficient (Wildman–Crippen LogP) is 6.05. The zero-order chi connectivity index (χ0) is 25.0. The van der Waals surface area contributed by atoms with Gasteiger partial charge in [0.2, 0.25) is 5.17 Å². The van der Waals surface area contributed by atoms with Crippen LogP contribution >= 0.6 is 11.8 Å². The zero-order valence-electron chi connectivity index (χ0n) is 19.5. The van der Waals surface area contributed by atoms with Crippen molar-refractivity contribution in [2.45, 2.75) is 13.8 Å². The van der Waals surface area contributed by atoms with Crippen LogP contribution in [0.5, 0.6) is 0 Å². The smallest absolute Gasteiger partial charge is 0.283 e. The van der Waals surface area contributed by atoms with Gasteiger partial charge in [-0.15, -0.1) is 0 Å². The van der Waals surface area contributed by atoms with Crippen molar-refractivity contribution < 1.29 is 9.18 Å². The lowest BCUT2D eigenvalue weighted by molar-refractivity contribution is -0.114. The molecule has 0 bridgehead atoms. The standard InChI is InChI=1S/C28H20FN5OS/c1-16-13-21(17(2)33(16)23-12-9-18-5-3-4-6-20(18)14-23)15-24-25(30)34-28(31-26(24)35)36-27(32-34)19-7-10-22(29)11-8-19/h3-15,30H,1-2H3/b24-15-,30-25?. The van der Waals surface area contributed by atoms with Gasteiger partial charge in [-0.3, -0.25) is 10.2 Å². The molecule has 1 N–H and O–H groups in total. The molecule has 176 valence electrons. The molecule has 3 heterocycles. The highest BCUT2D eigenvalue weighted by atomic mass is 32.2. The van der Waals surface area contributed by atoms with E-state index in [2.05, 4.69) is 45.0 Å². The highest BCUT2D eigenvalue weighted by Crippen LogP contribution is 2.32. The SMILES string of the molecule is Cc1cc(/C=C2/C(=N)N3N=C(c4ccc(F)cc4)SC3=NC2=O)c(C)n1-c1ccc2ccccc2c1. The average Bonchev–Trinajstić information content (AvgIpc) is 3.42. The van der Waals surface area contributed by atoms with E-state index in [4.69, 9.17) is 5.41 Å². The summed E-state index contributed by atoms with van der Waals surface area (Å²) in [4.78, 5) is 17.1. The third-order valence-corrected chi connectivity index (χ3v) is 7.26. The molecule has 1 amide bonds. The summed E-state index contributed by atoms with van der Waals surface area (Å²) in [7, 11) is 0. The fourth-order valence-corrected chi connectivity index (χ4v) is 5.40. The molecule has 2 aliphatic rings. The van der Waals surface area contributed by atoms with Gasteiger partial charge in [0.15, 0.2) is 5.84 Å². The van der Waals surface area contributed by atoms with E-state index in [1.165, 1.54) is 34.3 Å². The number of halogens is 1. The first kappa shape index (κ1) is 22.2. The van der Waals surface area contributed by atoms with Gasteiger partial charge in [-0.2, -0.15) is 15.1 Å². The Labute approximate surface area is 211 Å². The first-order valence-electron chi connectivity index (χ1n) is 11.3. The number of hydrogen-bond acceptors (Lipinski definition) is 4. The number of amides is 1. The first-order chi connectivity index (χ1) is 17.4. The quantitative estimate of drug-likeness (QED) is 0.353. The van der Waals surface area contributed by atoms with Crippen molar-refractivity contribution in [3.8, 4) is 5.69 Å². The van der Waals surface area contributed by atoms with Crippen LogP contribution in [0.25, 0.3) is 22.5 Å². The number of carbonyl (C=O) groups excluding carboxylic acids is 1. The van der Waals surface area contributed by atoms with E-state index in [9.17, 15) is 9.18 Å². The summed E-state index contributed by atoms with van der Waals surface area (Å²) in [5.74, 6) is -0.859. The number of aryl methyl sites for hydroxylation is 1. The second kappa shape index (κ2) is 8.42. The molecule has 3 aromatic carbocycles. The normalized spacial score (nSPS) is 16.5. The maximum Gasteiger partial charge on any atom is 0.283 e. The van der Waals surface area contributed by atoms with E-state index < -0.39 is 5.91 Å². The van der Waals surface area contributed by atoms with Crippen LogP contribution in [0, 0.1) is 25.1 Å². The Morgan fingerprint density at radius 2 is 1.72 bits per heavy atom. The van der Waals surface area contributed by atoms with E-state index in [0.29, 0.717) is 15.8 Å². The number of nitrogens with zero attached hydrogens (tertiary/aromatic N) is 4. The van der Waals surface area contributed by atoms with E-state index in [1.54, 1.807) is 18.2 Å². The Kier molecular flexibility index (Phi) is 5.19. The van der Waals surface area contributed by atoms with E-state index in [1.807, 2.05) is 32.0 Å². The van der Waals surface area contributed by atoms with Gasteiger partial charge in [0.25, 0.3) is 5.91 Å². The number of hydrazone groups is 1. The lowest BCUT2D eigenvalue weighted by Crippen LogP contribution is -2.35. The van der Waals surface area contributed by atoms with E-state index in [0.717, 1.165) is 28.0 Å². The maximum atomic E-state index is 13.3. The molecule has 0 fully saturated rings. The molecule has 0 spiro atoms. The van der Waals surface area contributed by atoms with Gasteiger partial charge < -0.3 is 4.57 Å². The molecule has 0 radical (unpaired) electrons. The molecule has 0 saturated carbocycles. The number of rotatable bonds is 3. The third kappa shape index (κ3) is 3.67. The van der Waals surface area contributed by atoms with Crippen molar-refractivity contribution in [3.05, 3.63) is 107 Å². The molecule has 6 rings (SSSR count). The van der Waals surface area contributed by atoms with Gasteiger partial charge in [-0.1, -0.05) is 30.3 Å². The summed E-state index contributed by atoms with van der Waals surface area (Å²) < 4.78 is 15.5. The number of fused-ring (bicyclic) bond motifs is 2. The molecule has 1 aromatic heterocycles. The first-order valence-corrected chi connectivity index (χ1v) is 12.1. The number of aromatic nitrogens is 1. The van der Waals surface area contributed by atoms with E-state index in [-0.39, 0.29) is 17.2 Å². The second-order valence-electron chi connectivity index (χ2n) is 8.63. The van der Waals surface area contributed by atoms with Crippen LogP contribution in [0.15, 0.2) is 88.5 Å². The summed E-state index contributed by atoms with van der Waals surface area (Å²) in [6, 6.07) is 22.5. The Morgan fingerprint density at radius 1 is 0.972 bits per heavy atom. The van der Waals surface area contributed by atoms with Crippen LogP contribution in [0.3, 0.4) is 0 Å². The minimum Gasteiger partial charge on any atom is -0.318 e. The van der Waals surface area contributed by atoms with E-state index >= 15 is 0 Å². The highest BCUT2D eigenvalue weighted by molar-refractivity contribution is 8.27. The van der Waals surface area contributed by atoms with Crippen molar-refractivity contribution in [3.63, 3.8) is 0 Å². The van der Waals surface area contributed by atoms with Gasteiger partial charge in [-0.05, 0) is 90.5 Å². The monoisotopic (exact) mass is 493 g/mol. The lowest BCUT2D eigenvalue weighted by Gasteiger charge is -2.20. The summed E-state index contributed by atoms with van der Waals surface area (Å²) in [6.45, 7) is 4.02. The van der Waals surface area contributed by atoms with Gasteiger partial charge in [0, 0.05) is 22.6 Å². The van der Waals surface area contributed by atoms with Crippen LogP contribution in [-0.2, 0) is 4.79 Å². The number of hydrogen-bond donors (Lipinski definition) is 1. The number of thioether (sulfide) groups is 1. The second-order valence-corrected chi connectivity index (χ2v) is 9.58. The lowest BCUT2D eigenvalue weighted by atomic mass is 10.1. The third-order valence-electron chi connectivity index (χ3n) is 6.31. The minimum atomic E-state index is -0.482. The van der Waals surface area contributed by atoms with Gasteiger partial charge in [-0.25, -0.2) is 4.39 Å². The summed E-state index contributed by atoms with van der Waals surface area (Å²) in [5, 5.41) is 17.7. The molecule has 0 unspecified atom stereocenters. The zero-order valence-corrected chi connectivity index (χ0v) is 20.3. The Balaban J connectivity index is 1.36. The largest absolute Gasteiger partial charge is 0.318 e. The topological polar surface area (TPSA) is 73.8 Å². The van der Waals surface area contributed by atoms with Crippen molar-refractivity contribution in [1.82, 2.24) is 9.58 Å². The Bertz CT molecular complexity index is 1680. The number of benzene rings is 3. The molecule has 6 nitrogen and oxygen atoms in total. The molecule has 0 atom stereocenters. The molecular weight excluding hydrogens is 473 g/mol. The van der Waals surface area contributed by atoms with Crippen LogP contribution in [-0.4, -0.2) is 31.5 Å². The Hall–Kier alpha value is -4.30. The maximum absolute atomic E-state index is 13.3. The molecule has 8 heteroatoms. The molecule has 2 aliphatic heterocycles. The molecular formula is C28H20FN5OS. The number of nitrogens with one attached hydrogen (secondary N) is 1. The van der Waals surface area contributed by atoms with Crippen LogP contribution in [0.4, 0.5) is 4.39 Å². The van der Waals surface area contributed by atoms with Gasteiger partial charge in [0.05, 0.1) is 5.57 Å². The van der Waals surface area contributed by atoms with Crippen LogP contribution in [0.2, 0.25) is 0 Å². The molecule has 0 saturated heterocycles. The van der Waals surface area contributed by atoms with Crippen LogP contribution < -0.4 is 0 Å². The predicted molar refractivity (Wildman–Crippen MR) is 143 cm³/mol. The summed E-state index contributed by atoms with van der Waals surface area (Å²) in [5.41, 5.74) is 4.70. The fourth-order valence-electron chi connectivity index (χ4n) is 4.50. The van der Waals surface area contributed by atoms with Crippen LogP contribution in [0.1, 0.15) is 22.5 Å². The average molecular weight is 494 g/mol.